The summed E-state index contributed by atoms with van der Waals surface area (Å²) in [5.74, 6) is 0.0857. The van der Waals surface area contributed by atoms with Gasteiger partial charge in [0.1, 0.15) is 0 Å². The number of fused-ring (bicyclic) bond motifs is 1. The van der Waals surface area contributed by atoms with E-state index in [1.807, 2.05) is 24.1 Å². The molecule has 2 heterocycles. The van der Waals surface area contributed by atoms with Crippen molar-refractivity contribution in [1.29, 1.82) is 0 Å². The molecule has 1 aliphatic heterocycles. The quantitative estimate of drug-likeness (QED) is 0.866. The van der Waals surface area contributed by atoms with E-state index in [2.05, 4.69) is 18.2 Å². The lowest BCUT2D eigenvalue weighted by Crippen LogP contribution is -2.34. The molecule has 1 atom stereocenters. The Labute approximate surface area is 139 Å². The topological polar surface area (TPSA) is 40.6 Å². The summed E-state index contributed by atoms with van der Waals surface area (Å²) >= 11 is 1.73. The van der Waals surface area contributed by atoms with Gasteiger partial charge in [0.2, 0.25) is 11.8 Å². The van der Waals surface area contributed by atoms with Crippen LogP contribution >= 0.6 is 11.3 Å². The summed E-state index contributed by atoms with van der Waals surface area (Å²) in [4.78, 5) is 29.6. The molecule has 2 aromatic rings. The molecule has 1 aromatic heterocycles. The Kier molecular flexibility index (Phi) is 3.60. The first-order valence-corrected chi connectivity index (χ1v) is 8.95. The van der Waals surface area contributed by atoms with Crippen LogP contribution in [0.2, 0.25) is 0 Å². The molecule has 4 rings (SSSR count). The molecule has 4 nitrogen and oxygen atoms in total. The molecular weight excluding hydrogens is 308 g/mol. The molecule has 1 aromatic carbocycles. The van der Waals surface area contributed by atoms with Crippen molar-refractivity contribution in [2.24, 2.45) is 5.92 Å². The van der Waals surface area contributed by atoms with Gasteiger partial charge < -0.3 is 9.80 Å². The number of hydrogen-bond donors (Lipinski definition) is 0. The average Bonchev–Trinajstić information content (AvgIpc) is 3.18. The zero-order chi connectivity index (χ0) is 16.0. The highest BCUT2D eigenvalue weighted by molar-refractivity contribution is 7.19. The Bertz CT molecular complexity index is 732. The predicted molar refractivity (Wildman–Crippen MR) is 91.1 cm³/mol. The highest BCUT2D eigenvalue weighted by atomic mass is 32.1. The van der Waals surface area contributed by atoms with Crippen LogP contribution in [0.4, 0.5) is 0 Å². The number of carbonyl (C=O) groups excluding carboxylic acids is 2. The summed E-state index contributed by atoms with van der Waals surface area (Å²) in [5.41, 5.74) is 0. The number of carbonyl (C=O) groups is 2. The predicted octanol–water partition coefficient (Wildman–Crippen LogP) is 2.87. The number of thiophene rings is 1. The smallest absolute Gasteiger partial charge is 0.228 e. The maximum atomic E-state index is 12.7. The Morgan fingerprint density at radius 3 is 2.87 bits per heavy atom. The molecule has 23 heavy (non-hydrogen) atoms. The van der Waals surface area contributed by atoms with E-state index in [0.717, 1.165) is 12.8 Å². The van der Waals surface area contributed by atoms with E-state index in [1.54, 1.807) is 16.2 Å². The van der Waals surface area contributed by atoms with Crippen molar-refractivity contribution >= 4 is 33.2 Å². The van der Waals surface area contributed by atoms with Crippen LogP contribution in [0, 0.1) is 5.92 Å². The van der Waals surface area contributed by atoms with Gasteiger partial charge in [-0.05, 0) is 30.4 Å². The molecule has 120 valence electrons. The number of hydrogen-bond acceptors (Lipinski definition) is 3. The molecule has 0 spiro atoms. The molecule has 2 aliphatic rings. The highest BCUT2D eigenvalue weighted by Gasteiger charge is 2.42. The lowest BCUT2D eigenvalue weighted by molar-refractivity contribution is -0.135. The van der Waals surface area contributed by atoms with Crippen LogP contribution < -0.4 is 0 Å². The number of rotatable bonds is 4. The van der Waals surface area contributed by atoms with Gasteiger partial charge in [-0.2, -0.15) is 0 Å². The van der Waals surface area contributed by atoms with Crippen LogP contribution in [0.15, 0.2) is 30.3 Å². The molecule has 1 saturated heterocycles. The fraction of sp³-hybridized carbons (Fsp3) is 0.444. The fourth-order valence-electron chi connectivity index (χ4n) is 3.37. The Hall–Kier alpha value is -1.88. The number of amides is 2. The summed E-state index contributed by atoms with van der Waals surface area (Å²) < 4.78 is 1.25. The standard InChI is InChI=1S/C18H20N2O2S/c1-19(11-15-8-12-4-2-3-5-16(12)23-15)18(22)13-9-17(21)20(10-13)14-6-7-14/h2-5,8,13-14H,6-7,9-11H2,1H3/t13-/m1/s1. The first-order chi connectivity index (χ1) is 11.1. The van der Waals surface area contributed by atoms with Crippen molar-refractivity contribution in [2.75, 3.05) is 13.6 Å². The van der Waals surface area contributed by atoms with Gasteiger partial charge in [-0.1, -0.05) is 18.2 Å². The van der Waals surface area contributed by atoms with Crippen molar-refractivity contribution in [3.8, 4) is 0 Å². The first kappa shape index (κ1) is 14.7. The minimum Gasteiger partial charge on any atom is -0.340 e. The van der Waals surface area contributed by atoms with Gasteiger partial charge >= 0.3 is 0 Å². The summed E-state index contributed by atoms with van der Waals surface area (Å²) in [7, 11) is 1.84. The van der Waals surface area contributed by atoms with Crippen molar-refractivity contribution < 1.29 is 9.59 Å². The average molecular weight is 328 g/mol. The van der Waals surface area contributed by atoms with E-state index < -0.39 is 0 Å². The molecule has 1 aliphatic carbocycles. The summed E-state index contributed by atoms with van der Waals surface area (Å²) in [6.07, 6.45) is 2.58. The van der Waals surface area contributed by atoms with Gasteiger partial charge in [-0.15, -0.1) is 11.3 Å². The maximum Gasteiger partial charge on any atom is 0.228 e. The maximum absolute atomic E-state index is 12.7. The second-order valence-corrected chi connectivity index (χ2v) is 7.79. The van der Waals surface area contributed by atoms with Gasteiger partial charge in [-0.25, -0.2) is 0 Å². The number of likely N-dealkylation sites (tertiary alicyclic amines) is 1. The van der Waals surface area contributed by atoms with E-state index in [4.69, 9.17) is 0 Å². The van der Waals surface area contributed by atoms with Crippen LogP contribution in [0.5, 0.6) is 0 Å². The lowest BCUT2D eigenvalue weighted by atomic mass is 10.1. The first-order valence-electron chi connectivity index (χ1n) is 8.14. The Morgan fingerprint density at radius 2 is 2.13 bits per heavy atom. The van der Waals surface area contributed by atoms with Crippen molar-refractivity contribution in [2.45, 2.75) is 31.8 Å². The SMILES string of the molecule is CN(Cc1cc2ccccc2s1)C(=O)[C@@H]1CC(=O)N(C2CC2)C1. The van der Waals surface area contributed by atoms with Crippen molar-refractivity contribution in [3.63, 3.8) is 0 Å². The minimum atomic E-state index is -0.164. The zero-order valence-electron chi connectivity index (χ0n) is 13.2. The number of nitrogens with zero attached hydrogens (tertiary/aromatic N) is 2. The van der Waals surface area contributed by atoms with Crippen LogP contribution in [-0.4, -0.2) is 41.2 Å². The van der Waals surface area contributed by atoms with Gasteiger partial charge in [0.25, 0.3) is 0 Å². The summed E-state index contributed by atoms with van der Waals surface area (Å²) in [6, 6.07) is 10.8. The van der Waals surface area contributed by atoms with Crippen LogP contribution in [-0.2, 0) is 16.1 Å². The number of benzene rings is 1. The zero-order valence-corrected chi connectivity index (χ0v) is 14.0. The molecular formula is C18H20N2O2S. The van der Waals surface area contributed by atoms with Crippen LogP contribution in [0.25, 0.3) is 10.1 Å². The molecule has 1 saturated carbocycles. The fourth-order valence-corrected chi connectivity index (χ4v) is 4.49. The lowest BCUT2D eigenvalue weighted by Gasteiger charge is -2.20. The van der Waals surface area contributed by atoms with Crippen LogP contribution in [0.3, 0.4) is 0 Å². The molecule has 5 heteroatoms. The van der Waals surface area contributed by atoms with Gasteiger partial charge in [0.15, 0.2) is 0 Å². The van der Waals surface area contributed by atoms with E-state index >= 15 is 0 Å². The third-order valence-corrected chi connectivity index (χ3v) is 5.84. The van der Waals surface area contributed by atoms with E-state index in [-0.39, 0.29) is 17.7 Å². The largest absolute Gasteiger partial charge is 0.340 e. The van der Waals surface area contributed by atoms with Gasteiger partial charge in [0, 0.05) is 35.6 Å². The third kappa shape index (κ3) is 2.85. The van der Waals surface area contributed by atoms with E-state index in [1.165, 1.54) is 15.0 Å². The molecule has 0 bridgehead atoms. The van der Waals surface area contributed by atoms with Crippen molar-refractivity contribution in [3.05, 3.63) is 35.2 Å². The molecule has 0 N–H and O–H groups in total. The minimum absolute atomic E-state index is 0.0963. The second kappa shape index (κ2) is 5.64. The van der Waals surface area contributed by atoms with Gasteiger partial charge in [0.05, 0.1) is 12.5 Å². The summed E-state index contributed by atoms with van der Waals surface area (Å²) in [6.45, 7) is 1.23. The molecule has 2 fully saturated rings. The Morgan fingerprint density at radius 1 is 1.35 bits per heavy atom. The van der Waals surface area contributed by atoms with Crippen molar-refractivity contribution in [1.82, 2.24) is 9.80 Å². The third-order valence-electron chi connectivity index (χ3n) is 4.74. The molecule has 2 amide bonds. The Balaban J connectivity index is 1.43. The highest BCUT2D eigenvalue weighted by Crippen LogP contribution is 2.33. The van der Waals surface area contributed by atoms with Crippen LogP contribution in [0.1, 0.15) is 24.1 Å². The molecule has 0 radical (unpaired) electrons. The molecule has 0 unspecified atom stereocenters. The van der Waals surface area contributed by atoms with E-state index in [9.17, 15) is 9.59 Å². The second-order valence-electron chi connectivity index (χ2n) is 6.62. The van der Waals surface area contributed by atoms with E-state index in [0.29, 0.717) is 25.6 Å². The summed E-state index contributed by atoms with van der Waals surface area (Å²) in [5, 5.41) is 1.23. The normalized spacial score (nSPS) is 21.2. The monoisotopic (exact) mass is 328 g/mol. The van der Waals surface area contributed by atoms with Gasteiger partial charge in [-0.3, -0.25) is 9.59 Å².